The Labute approximate surface area is 95.6 Å². The number of carbonyl (C=O) groups excluding carboxylic acids is 1. The Morgan fingerprint density at radius 1 is 1.57 bits per heavy atom. The molecule has 14 heavy (non-hydrogen) atoms. The van der Waals surface area contributed by atoms with E-state index in [0.717, 1.165) is 6.07 Å². The van der Waals surface area contributed by atoms with Crippen LogP contribution in [0.3, 0.4) is 0 Å². The third-order valence-corrected chi connectivity index (χ3v) is 2.33. The van der Waals surface area contributed by atoms with Gasteiger partial charge in [-0.15, -0.1) is 0 Å². The topological polar surface area (TPSA) is 30.0 Å². The Bertz CT molecular complexity index is 385. The van der Waals surface area contributed by atoms with Gasteiger partial charge in [-0.25, -0.2) is 18.2 Å². The van der Waals surface area contributed by atoms with Gasteiger partial charge in [-0.3, -0.25) is 4.79 Å². The highest BCUT2D eigenvalue weighted by Gasteiger charge is 2.20. The molecule has 0 saturated carbocycles. The molecule has 0 unspecified atom stereocenters. The van der Waals surface area contributed by atoms with E-state index in [1.165, 1.54) is 22.6 Å². The summed E-state index contributed by atoms with van der Waals surface area (Å²) in [4.78, 5) is 13.7. The van der Waals surface area contributed by atoms with Crippen LogP contribution in [0.1, 0.15) is 22.6 Å². The molecule has 1 aromatic heterocycles. The van der Waals surface area contributed by atoms with E-state index in [2.05, 4.69) is 4.98 Å². The lowest BCUT2D eigenvalue weighted by molar-refractivity contribution is 0.107. The molecule has 0 spiro atoms. The van der Waals surface area contributed by atoms with E-state index in [9.17, 15) is 18.0 Å². The predicted molar refractivity (Wildman–Crippen MR) is 52.1 cm³/mol. The van der Waals surface area contributed by atoms with Crippen LogP contribution in [-0.2, 0) is 0 Å². The molecular formula is C7H2ClF3INO. The molecule has 0 fully saturated rings. The SMILES string of the molecule is O=C(Cl)c1cc(I)c(F)c(C(F)F)n1. The number of halogens is 5. The van der Waals surface area contributed by atoms with Crippen molar-refractivity contribution in [2.24, 2.45) is 0 Å². The number of nitrogens with zero attached hydrogens (tertiary/aromatic N) is 1. The van der Waals surface area contributed by atoms with Crippen molar-refractivity contribution in [3.05, 3.63) is 26.8 Å². The van der Waals surface area contributed by atoms with Crippen LogP contribution in [0.15, 0.2) is 6.07 Å². The van der Waals surface area contributed by atoms with Crippen molar-refractivity contribution in [2.75, 3.05) is 0 Å². The number of alkyl halides is 2. The number of hydrogen-bond acceptors (Lipinski definition) is 2. The molecule has 1 heterocycles. The van der Waals surface area contributed by atoms with Crippen LogP contribution in [0.4, 0.5) is 13.2 Å². The molecule has 0 aliphatic heterocycles. The smallest absolute Gasteiger partial charge is 0.274 e. The first-order valence-corrected chi connectivity index (χ1v) is 4.73. The zero-order valence-corrected chi connectivity index (χ0v) is 9.31. The van der Waals surface area contributed by atoms with Crippen molar-refractivity contribution < 1.29 is 18.0 Å². The van der Waals surface area contributed by atoms with Gasteiger partial charge in [0.05, 0.1) is 3.57 Å². The van der Waals surface area contributed by atoms with Gasteiger partial charge < -0.3 is 0 Å². The summed E-state index contributed by atoms with van der Waals surface area (Å²) in [5.41, 5.74) is -1.44. The van der Waals surface area contributed by atoms with Crippen LogP contribution in [0, 0.1) is 9.39 Å². The van der Waals surface area contributed by atoms with Gasteiger partial charge in [0.15, 0.2) is 5.82 Å². The third kappa shape index (κ3) is 2.35. The molecule has 76 valence electrons. The maximum Gasteiger partial charge on any atom is 0.283 e. The summed E-state index contributed by atoms with van der Waals surface area (Å²) >= 11 is 6.52. The zero-order valence-electron chi connectivity index (χ0n) is 6.40. The fourth-order valence-electron chi connectivity index (χ4n) is 0.762. The van der Waals surface area contributed by atoms with Gasteiger partial charge in [-0.05, 0) is 40.3 Å². The second kappa shape index (κ2) is 4.43. The van der Waals surface area contributed by atoms with Crippen LogP contribution in [0.5, 0.6) is 0 Å². The summed E-state index contributed by atoms with van der Waals surface area (Å²) in [5.74, 6) is -1.12. The molecule has 0 atom stereocenters. The maximum atomic E-state index is 13.0. The molecule has 1 rings (SSSR count). The number of pyridine rings is 1. The lowest BCUT2D eigenvalue weighted by atomic mass is 10.3. The Kier molecular flexibility index (Phi) is 3.71. The molecule has 0 bridgehead atoms. The Morgan fingerprint density at radius 3 is 2.57 bits per heavy atom. The van der Waals surface area contributed by atoms with E-state index in [-0.39, 0.29) is 9.26 Å². The van der Waals surface area contributed by atoms with Gasteiger partial charge in [0.25, 0.3) is 11.7 Å². The van der Waals surface area contributed by atoms with Crippen LogP contribution in [0.25, 0.3) is 0 Å². The van der Waals surface area contributed by atoms with Crippen LogP contribution in [0.2, 0.25) is 0 Å². The highest BCUT2D eigenvalue weighted by atomic mass is 127. The van der Waals surface area contributed by atoms with Crippen molar-refractivity contribution >= 4 is 39.4 Å². The second-order valence-corrected chi connectivity index (χ2v) is 3.77. The lowest BCUT2D eigenvalue weighted by Gasteiger charge is -2.04. The molecule has 0 aliphatic carbocycles. The summed E-state index contributed by atoms with van der Waals surface area (Å²) in [6.45, 7) is 0. The van der Waals surface area contributed by atoms with Gasteiger partial charge in [0, 0.05) is 0 Å². The van der Waals surface area contributed by atoms with E-state index in [1.807, 2.05) is 0 Å². The van der Waals surface area contributed by atoms with Gasteiger partial charge in [0.1, 0.15) is 11.4 Å². The van der Waals surface area contributed by atoms with Crippen LogP contribution >= 0.6 is 34.2 Å². The molecule has 0 N–H and O–H groups in total. The summed E-state index contributed by atoms with van der Waals surface area (Å²) in [6, 6.07) is 1.01. The highest BCUT2D eigenvalue weighted by Crippen LogP contribution is 2.24. The van der Waals surface area contributed by atoms with Gasteiger partial charge in [-0.1, -0.05) is 0 Å². The number of carbonyl (C=O) groups is 1. The quantitative estimate of drug-likeness (QED) is 0.614. The fraction of sp³-hybridized carbons (Fsp3) is 0.143. The van der Waals surface area contributed by atoms with E-state index in [1.54, 1.807) is 0 Å². The summed E-state index contributed by atoms with van der Waals surface area (Å²) in [6.07, 6.45) is -3.07. The molecule has 0 radical (unpaired) electrons. The minimum Gasteiger partial charge on any atom is -0.274 e. The van der Waals surface area contributed by atoms with Crippen molar-refractivity contribution in [1.29, 1.82) is 0 Å². The van der Waals surface area contributed by atoms with Gasteiger partial charge in [-0.2, -0.15) is 0 Å². The molecular weight excluding hydrogens is 333 g/mol. The standard InChI is InChI=1S/C7H2ClF3INO/c8-6(14)3-1-2(12)4(9)5(13-3)7(10)11/h1,7H. The number of aromatic nitrogens is 1. The normalized spacial score (nSPS) is 10.7. The maximum absolute atomic E-state index is 13.0. The van der Waals surface area contributed by atoms with E-state index in [0.29, 0.717) is 0 Å². The molecule has 0 saturated heterocycles. The Hall–Kier alpha value is -0.370. The molecule has 0 aromatic carbocycles. The number of rotatable bonds is 2. The van der Waals surface area contributed by atoms with Crippen molar-refractivity contribution in [3.8, 4) is 0 Å². The minimum atomic E-state index is -3.07. The average Bonchev–Trinajstić information content (AvgIpc) is 2.08. The molecule has 0 amide bonds. The largest absolute Gasteiger partial charge is 0.283 e. The number of hydrogen-bond donors (Lipinski definition) is 0. The summed E-state index contributed by atoms with van der Waals surface area (Å²) in [7, 11) is 0. The Morgan fingerprint density at radius 2 is 2.14 bits per heavy atom. The van der Waals surface area contributed by atoms with Crippen molar-refractivity contribution in [1.82, 2.24) is 4.98 Å². The third-order valence-electron chi connectivity index (χ3n) is 1.35. The van der Waals surface area contributed by atoms with Gasteiger partial charge >= 0.3 is 0 Å². The molecule has 2 nitrogen and oxygen atoms in total. The fourth-order valence-corrected chi connectivity index (χ4v) is 1.43. The predicted octanol–water partition coefficient (Wildman–Crippen LogP) is 3.14. The van der Waals surface area contributed by atoms with Crippen molar-refractivity contribution in [3.63, 3.8) is 0 Å². The molecule has 0 aliphatic rings. The minimum absolute atomic E-state index is 0.114. The van der Waals surface area contributed by atoms with Crippen LogP contribution in [-0.4, -0.2) is 10.2 Å². The zero-order chi connectivity index (χ0) is 10.9. The lowest BCUT2D eigenvalue weighted by Crippen LogP contribution is -2.04. The monoisotopic (exact) mass is 335 g/mol. The van der Waals surface area contributed by atoms with Crippen LogP contribution < -0.4 is 0 Å². The summed E-state index contributed by atoms with van der Waals surface area (Å²) in [5, 5.41) is -0.996. The molecule has 7 heteroatoms. The first-order chi connectivity index (χ1) is 6.43. The molecule has 1 aromatic rings. The van der Waals surface area contributed by atoms with Crippen molar-refractivity contribution in [2.45, 2.75) is 6.43 Å². The first kappa shape index (κ1) is 11.7. The van der Waals surface area contributed by atoms with Gasteiger partial charge in [0.2, 0.25) is 0 Å². The first-order valence-electron chi connectivity index (χ1n) is 3.27. The highest BCUT2D eigenvalue weighted by molar-refractivity contribution is 14.1. The second-order valence-electron chi connectivity index (χ2n) is 2.26. The Balaban J connectivity index is 3.35. The summed E-state index contributed by atoms with van der Waals surface area (Å²) < 4.78 is 37.3. The van der Waals surface area contributed by atoms with E-state index in [4.69, 9.17) is 11.6 Å². The van der Waals surface area contributed by atoms with E-state index < -0.39 is 23.2 Å². The van der Waals surface area contributed by atoms with E-state index >= 15 is 0 Å². The average molecular weight is 335 g/mol.